The maximum Gasteiger partial charge on any atom is 0.260 e. The molecule has 2 heterocycles. The molecule has 1 aliphatic rings. The Morgan fingerprint density at radius 1 is 0.848 bits per heavy atom. The van der Waals surface area contributed by atoms with E-state index in [9.17, 15) is 13.2 Å². The number of nitrogens with zero attached hydrogens (tertiary/aromatic N) is 3. The number of piperazine rings is 1. The van der Waals surface area contributed by atoms with E-state index in [4.69, 9.17) is 4.74 Å². The zero-order valence-electron chi connectivity index (χ0n) is 17.9. The summed E-state index contributed by atoms with van der Waals surface area (Å²) in [5, 5.41) is 2.82. The second-order valence-electron chi connectivity index (χ2n) is 7.91. The zero-order chi connectivity index (χ0) is 22.8. The van der Waals surface area contributed by atoms with E-state index in [1.165, 1.54) is 4.31 Å². The summed E-state index contributed by atoms with van der Waals surface area (Å²) in [6.45, 7) is 1.02. The molecule has 5 rings (SSSR count). The Bertz CT molecular complexity index is 1420. The highest BCUT2D eigenvalue weighted by molar-refractivity contribution is 7.89. The van der Waals surface area contributed by atoms with Gasteiger partial charge in [0.25, 0.3) is 5.91 Å². The normalized spacial score (nSPS) is 15.1. The molecular formula is C25H23N3O4S. The lowest BCUT2D eigenvalue weighted by Crippen LogP contribution is -2.51. The minimum absolute atomic E-state index is 0.118. The molecule has 3 aromatic carbocycles. The van der Waals surface area contributed by atoms with Crippen LogP contribution in [-0.2, 0) is 14.8 Å². The number of ether oxygens (including phenoxy) is 1. The molecule has 1 amide bonds. The molecule has 4 aromatic rings. The third-order valence-electron chi connectivity index (χ3n) is 5.90. The molecule has 0 saturated carbocycles. The van der Waals surface area contributed by atoms with E-state index in [0.29, 0.717) is 24.4 Å². The average molecular weight is 462 g/mol. The van der Waals surface area contributed by atoms with Crippen molar-refractivity contribution in [3.63, 3.8) is 0 Å². The second kappa shape index (κ2) is 8.80. The van der Waals surface area contributed by atoms with Crippen molar-refractivity contribution in [3.05, 3.63) is 79.0 Å². The molecule has 0 unspecified atom stereocenters. The first-order valence-corrected chi connectivity index (χ1v) is 12.2. The molecule has 7 nitrogen and oxygen atoms in total. The van der Waals surface area contributed by atoms with Crippen LogP contribution < -0.4 is 4.74 Å². The Balaban J connectivity index is 1.22. The first-order chi connectivity index (χ1) is 16.0. The second-order valence-corrected chi connectivity index (χ2v) is 9.85. The van der Waals surface area contributed by atoms with E-state index in [1.807, 2.05) is 54.6 Å². The summed E-state index contributed by atoms with van der Waals surface area (Å²) >= 11 is 0. The number of amides is 1. The highest BCUT2D eigenvalue weighted by atomic mass is 32.2. The van der Waals surface area contributed by atoms with Gasteiger partial charge in [-0.1, -0.05) is 48.5 Å². The molecule has 0 N–H and O–H groups in total. The monoisotopic (exact) mass is 461 g/mol. The maximum absolute atomic E-state index is 13.1. The molecule has 8 heteroatoms. The smallest absolute Gasteiger partial charge is 0.260 e. The Hall–Kier alpha value is -3.49. The van der Waals surface area contributed by atoms with Crippen LogP contribution in [0.3, 0.4) is 0 Å². The summed E-state index contributed by atoms with van der Waals surface area (Å²) in [5.74, 6) is 0.379. The fourth-order valence-electron chi connectivity index (χ4n) is 4.08. The number of sulfonamides is 1. The van der Waals surface area contributed by atoms with Gasteiger partial charge in [-0.3, -0.25) is 9.78 Å². The van der Waals surface area contributed by atoms with Crippen LogP contribution in [0.1, 0.15) is 0 Å². The number of aromatic nitrogens is 1. The van der Waals surface area contributed by atoms with Gasteiger partial charge in [0.1, 0.15) is 11.3 Å². The lowest BCUT2D eigenvalue weighted by Gasteiger charge is -2.34. The molecule has 1 aromatic heterocycles. The summed E-state index contributed by atoms with van der Waals surface area (Å²) < 4.78 is 33.5. The predicted molar refractivity (Wildman–Crippen MR) is 127 cm³/mol. The SMILES string of the molecule is O=C(COc1cccc2cccnc12)N1CCN(S(=O)(=O)c2ccc3ccccc3c2)CC1. The number of pyridine rings is 1. The van der Waals surface area contributed by atoms with Gasteiger partial charge in [0, 0.05) is 37.8 Å². The van der Waals surface area contributed by atoms with Crippen molar-refractivity contribution in [3.8, 4) is 5.75 Å². The van der Waals surface area contributed by atoms with Crippen LogP contribution in [0.2, 0.25) is 0 Å². The molecule has 168 valence electrons. The van der Waals surface area contributed by atoms with Gasteiger partial charge >= 0.3 is 0 Å². The largest absolute Gasteiger partial charge is 0.481 e. The molecule has 33 heavy (non-hydrogen) atoms. The fourth-order valence-corrected chi connectivity index (χ4v) is 5.54. The van der Waals surface area contributed by atoms with E-state index in [1.54, 1.807) is 29.3 Å². The third kappa shape index (κ3) is 4.27. The molecule has 1 aliphatic heterocycles. The van der Waals surface area contributed by atoms with Crippen molar-refractivity contribution in [1.82, 2.24) is 14.2 Å². The number of fused-ring (bicyclic) bond motifs is 2. The summed E-state index contributed by atoms with van der Waals surface area (Å²) in [5.41, 5.74) is 0.707. The summed E-state index contributed by atoms with van der Waals surface area (Å²) in [7, 11) is -3.63. The van der Waals surface area contributed by atoms with Crippen molar-refractivity contribution in [2.45, 2.75) is 4.90 Å². The number of para-hydroxylation sites is 1. The van der Waals surface area contributed by atoms with Gasteiger partial charge in [-0.05, 0) is 35.0 Å². The van der Waals surface area contributed by atoms with Crippen LogP contribution in [-0.4, -0.2) is 61.3 Å². The number of hydrogen-bond acceptors (Lipinski definition) is 5. The van der Waals surface area contributed by atoms with Crippen molar-refractivity contribution in [2.24, 2.45) is 0 Å². The summed E-state index contributed by atoms with van der Waals surface area (Å²) in [6, 6.07) is 22.2. The standard InChI is InChI=1S/C25H23N3O4S/c29-24(18-32-23-9-3-7-20-8-4-12-26-25(20)23)27-13-15-28(16-14-27)33(30,31)22-11-10-19-5-1-2-6-21(19)17-22/h1-12,17H,13-16,18H2. The van der Waals surface area contributed by atoms with Gasteiger partial charge in [0.15, 0.2) is 6.61 Å². The Kier molecular flexibility index (Phi) is 5.70. The molecule has 1 saturated heterocycles. The van der Waals surface area contributed by atoms with Crippen LogP contribution >= 0.6 is 0 Å². The lowest BCUT2D eigenvalue weighted by atomic mass is 10.1. The third-order valence-corrected chi connectivity index (χ3v) is 7.79. The zero-order valence-corrected chi connectivity index (χ0v) is 18.7. The molecule has 1 fully saturated rings. The van der Waals surface area contributed by atoms with E-state index in [2.05, 4.69) is 4.98 Å². The van der Waals surface area contributed by atoms with Crippen LogP contribution in [0, 0.1) is 0 Å². The van der Waals surface area contributed by atoms with E-state index in [0.717, 1.165) is 16.2 Å². The van der Waals surface area contributed by atoms with Crippen molar-refractivity contribution in [1.29, 1.82) is 0 Å². The van der Waals surface area contributed by atoms with Crippen molar-refractivity contribution >= 4 is 37.6 Å². The first kappa shape index (κ1) is 21.4. The number of carbonyl (C=O) groups is 1. The van der Waals surface area contributed by atoms with Crippen LogP contribution in [0.4, 0.5) is 0 Å². The van der Waals surface area contributed by atoms with Gasteiger partial charge in [-0.15, -0.1) is 0 Å². The predicted octanol–water partition coefficient (Wildman–Crippen LogP) is 3.30. The summed E-state index contributed by atoms with van der Waals surface area (Å²) in [4.78, 5) is 18.9. The highest BCUT2D eigenvalue weighted by Crippen LogP contribution is 2.24. The van der Waals surface area contributed by atoms with Gasteiger partial charge in [0.2, 0.25) is 10.0 Å². The minimum Gasteiger partial charge on any atom is -0.481 e. The fraction of sp³-hybridized carbons (Fsp3) is 0.200. The van der Waals surface area contributed by atoms with E-state index in [-0.39, 0.29) is 30.5 Å². The summed E-state index contributed by atoms with van der Waals surface area (Å²) in [6.07, 6.45) is 1.69. The van der Waals surface area contributed by atoms with Gasteiger partial charge < -0.3 is 9.64 Å². The van der Waals surface area contributed by atoms with Crippen LogP contribution in [0.5, 0.6) is 5.75 Å². The van der Waals surface area contributed by atoms with Crippen LogP contribution in [0.15, 0.2) is 83.9 Å². The molecule has 0 atom stereocenters. The topological polar surface area (TPSA) is 79.8 Å². The lowest BCUT2D eigenvalue weighted by molar-refractivity contribution is -0.134. The highest BCUT2D eigenvalue weighted by Gasteiger charge is 2.30. The Labute approximate surface area is 192 Å². The van der Waals surface area contributed by atoms with Gasteiger partial charge in [-0.25, -0.2) is 8.42 Å². The number of benzene rings is 3. The maximum atomic E-state index is 13.1. The van der Waals surface area contributed by atoms with E-state index >= 15 is 0 Å². The van der Waals surface area contributed by atoms with Crippen molar-refractivity contribution < 1.29 is 17.9 Å². The van der Waals surface area contributed by atoms with Gasteiger partial charge in [0.05, 0.1) is 4.90 Å². The first-order valence-electron chi connectivity index (χ1n) is 10.8. The Morgan fingerprint density at radius 3 is 2.39 bits per heavy atom. The van der Waals surface area contributed by atoms with Crippen LogP contribution in [0.25, 0.3) is 21.7 Å². The quantitative estimate of drug-likeness (QED) is 0.456. The number of hydrogen-bond donors (Lipinski definition) is 0. The molecule has 0 bridgehead atoms. The van der Waals surface area contributed by atoms with Crippen molar-refractivity contribution in [2.75, 3.05) is 32.8 Å². The molecular weight excluding hydrogens is 438 g/mol. The molecule has 0 spiro atoms. The Morgan fingerprint density at radius 2 is 1.58 bits per heavy atom. The molecule has 0 aliphatic carbocycles. The van der Waals surface area contributed by atoms with E-state index < -0.39 is 10.0 Å². The number of carbonyl (C=O) groups excluding carboxylic acids is 1. The number of rotatable bonds is 5. The average Bonchev–Trinajstić information content (AvgIpc) is 2.87. The molecule has 0 radical (unpaired) electrons. The minimum atomic E-state index is -3.63. The van der Waals surface area contributed by atoms with Gasteiger partial charge in [-0.2, -0.15) is 4.31 Å².